The number of imide groups is 1. The normalized spacial score (nSPS) is 22.4. The topological polar surface area (TPSA) is 76.2 Å². The molecule has 0 N–H and O–H groups in total. The first-order chi connectivity index (χ1) is 14.4. The fraction of sp³-hybridized carbons (Fsp3) is 0.609. The summed E-state index contributed by atoms with van der Waals surface area (Å²) in [5.41, 5.74) is -0.565. The fourth-order valence-corrected chi connectivity index (χ4v) is 4.65. The van der Waals surface area contributed by atoms with Gasteiger partial charge < -0.3 is 14.4 Å². The summed E-state index contributed by atoms with van der Waals surface area (Å²) in [6, 6.07) is 7.35. The molecule has 1 heterocycles. The molecule has 164 valence electrons. The van der Waals surface area contributed by atoms with Crippen molar-refractivity contribution in [2.45, 2.75) is 56.4 Å². The number of nitrogens with zero attached hydrogens (tertiary/aromatic N) is 2. The van der Waals surface area contributed by atoms with E-state index in [1.807, 2.05) is 7.05 Å². The zero-order valence-electron chi connectivity index (χ0n) is 18.2. The Labute approximate surface area is 178 Å². The van der Waals surface area contributed by atoms with Crippen LogP contribution in [0.1, 0.15) is 50.5 Å². The first-order valence-corrected chi connectivity index (χ1v) is 10.7. The highest BCUT2D eigenvalue weighted by molar-refractivity contribution is 6.10. The third-order valence-corrected chi connectivity index (χ3v) is 6.52. The van der Waals surface area contributed by atoms with E-state index in [1.54, 1.807) is 36.3 Å². The van der Waals surface area contributed by atoms with E-state index in [-0.39, 0.29) is 49.8 Å². The largest absolute Gasteiger partial charge is 0.497 e. The van der Waals surface area contributed by atoms with Crippen LogP contribution in [0.4, 0.5) is 0 Å². The lowest BCUT2D eigenvalue weighted by atomic mass is 9.75. The summed E-state index contributed by atoms with van der Waals surface area (Å²) in [6.45, 7) is 0.453. The minimum Gasteiger partial charge on any atom is -0.497 e. The van der Waals surface area contributed by atoms with Crippen molar-refractivity contribution in [1.29, 1.82) is 0 Å². The van der Waals surface area contributed by atoms with Crippen molar-refractivity contribution in [2.24, 2.45) is 0 Å². The van der Waals surface area contributed by atoms with Crippen LogP contribution in [0, 0.1) is 0 Å². The van der Waals surface area contributed by atoms with E-state index in [4.69, 9.17) is 9.47 Å². The molecule has 2 fully saturated rings. The molecule has 7 heteroatoms. The summed E-state index contributed by atoms with van der Waals surface area (Å²) in [4.78, 5) is 42.6. The maximum atomic E-state index is 13.5. The number of carbonyl (C=O) groups is 3. The molecule has 1 unspecified atom stereocenters. The summed E-state index contributed by atoms with van der Waals surface area (Å²) in [7, 11) is 4.91. The average Bonchev–Trinajstić information content (AvgIpc) is 3.02. The number of ether oxygens (including phenoxy) is 2. The number of hydrogen-bond acceptors (Lipinski definition) is 5. The minimum atomic E-state index is -1.21. The van der Waals surface area contributed by atoms with Crippen LogP contribution in [0.3, 0.4) is 0 Å². The van der Waals surface area contributed by atoms with Crippen molar-refractivity contribution >= 4 is 17.7 Å². The third kappa shape index (κ3) is 4.36. The zero-order valence-corrected chi connectivity index (χ0v) is 18.2. The number of rotatable bonds is 8. The van der Waals surface area contributed by atoms with E-state index in [9.17, 15) is 14.4 Å². The van der Waals surface area contributed by atoms with Gasteiger partial charge in [0.1, 0.15) is 5.75 Å². The third-order valence-electron chi connectivity index (χ3n) is 6.52. The lowest BCUT2D eigenvalue weighted by Gasteiger charge is -2.34. The summed E-state index contributed by atoms with van der Waals surface area (Å²) in [5.74, 6) is -0.105. The number of hydrogen-bond donors (Lipinski definition) is 0. The number of methoxy groups -OCH3 is 2. The Kier molecular flexibility index (Phi) is 7.13. The van der Waals surface area contributed by atoms with Gasteiger partial charge in [-0.05, 0) is 30.5 Å². The van der Waals surface area contributed by atoms with Crippen LogP contribution < -0.4 is 4.74 Å². The Hall–Kier alpha value is -2.41. The van der Waals surface area contributed by atoms with Gasteiger partial charge in [-0.25, -0.2) is 0 Å². The SMILES string of the molecule is COCCN1C(=O)CC(CC(=O)N(C)C2CCCCC2)(c2cccc(OC)c2)C1=O. The maximum absolute atomic E-state index is 13.5. The van der Waals surface area contributed by atoms with E-state index in [2.05, 4.69) is 0 Å². The second-order valence-electron chi connectivity index (χ2n) is 8.31. The van der Waals surface area contributed by atoms with Gasteiger partial charge in [0.15, 0.2) is 0 Å². The Balaban J connectivity index is 1.93. The molecule has 1 aliphatic heterocycles. The van der Waals surface area contributed by atoms with Crippen LogP contribution >= 0.6 is 0 Å². The standard InChI is InChI=1S/C23H32N2O5/c1-24(18-9-5-4-6-10-18)20(26)15-23(17-8-7-11-19(14-17)30-3)16-21(27)25(22(23)28)12-13-29-2/h7-8,11,14,18H,4-6,9-10,12-13,15-16H2,1-3H3. The highest BCUT2D eigenvalue weighted by atomic mass is 16.5. The Morgan fingerprint density at radius 1 is 1.20 bits per heavy atom. The van der Waals surface area contributed by atoms with Crippen molar-refractivity contribution in [3.05, 3.63) is 29.8 Å². The van der Waals surface area contributed by atoms with Crippen LogP contribution in [0.25, 0.3) is 0 Å². The second kappa shape index (κ2) is 9.60. The first kappa shape index (κ1) is 22.3. The van der Waals surface area contributed by atoms with Crippen molar-refractivity contribution in [2.75, 3.05) is 34.4 Å². The van der Waals surface area contributed by atoms with Crippen LogP contribution in [0.5, 0.6) is 5.75 Å². The van der Waals surface area contributed by atoms with E-state index >= 15 is 0 Å². The van der Waals surface area contributed by atoms with Gasteiger partial charge in [0.25, 0.3) is 0 Å². The number of likely N-dealkylation sites (tertiary alicyclic amines) is 1. The fourth-order valence-electron chi connectivity index (χ4n) is 4.65. The van der Waals surface area contributed by atoms with E-state index < -0.39 is 5.41 Å². The smallest absolute Gasteiger partial charge is 0.240 e. The molecule has 1 aliphatic carbocycles. The van der Waals surface area contributed by atoms with E-state index in [0.29, 0.717) is 11.3 Å². The Morgan fingerprint density at radius 2 is 1.93 bits per heavy atom. The van der Waals surface area contributed by atoms with Gasteiger partial charge in [-0.15, -0.1) is 0 Å². The predicted octanol–water partition coefficient (Wildman–Crippen LogP) is 2.52. The minimum absolute atomic E-state index is 0.0209. The van der Waals surface area contributed by atoms with E-state index in [0.717, 1.165) is 25.7 Å². The monoisotopic (exact) mass is 416 g/mol. The number of amides is 3. The highest BCUT2D eigenvalue weighted by Crippen LogP contribution is 2.41. The van der Waals surface area contributed by atoms with Gasteiger partial charge in [-0.2, -0.15) is 0 Å². The van der Waals surface area contributed by atoms with Gasteiger partial charge in [0.05, 0.1) is 25.7 Å². The number of carbonyl (C=O) groups excluding carboxylic acids is 3. The Bertz CT molecular complexity index is 790. The molecule has 1 saturated heterocycles. The molecular formula is C23H32N2O5. The van der Waals surface area contributed by atoms with Crippen molar-refractivity contribution in [1.82, 2.24) is 9.80 Å². The Morgan fingerprint density at radius 3 is 2.60 bits per heavy atom. The molecule has 30 heavy (non-hydrogen) atoms. The molecule has 1 aromatic carbocycles. The molecule has 1 saturated carbocycles. The molecule has 0 aromatic heterocycles. The van der Waals surface area contributed by atoms with Gasteiger partial charge in [0, 0.05) is 33.0 Å². The lowest BCUT2D eigenvalue weighted by molar-refractivity contribution is -0.143. The lowest BCUT2D eigenvalue weighted by Crippen LogP contribution is -2.45. The summed E-state index contributed by atoms with van der Waals surface area (Å²) < 4.78 is 10.4. The number of benzene rings is 1. The second-order valence-corrected chi connectivity index (χ2v) is 8.31. The van der Waals surface area contributed by atoms with Gasteiger partial charge >= 0.3 is 0 Å². The maximum Gasteiger partial charge on any atom is 0.240 e. The first-order valence-electron chi connectivity index (χ1n) is 10.7. The van der Waals surface area contributed by atoms with Gasteiger partial charge in [0.2, 0.25) is 17.7 Å². The van der Waals surface area contributed by atoms with Crippen molar-refractivity contribution in [3.63, 3.8) is 0 Å². The molecule has 0 radical (unpaired) electrons. The molecule has 7 nitrogen and oxygen atoms in total. The average molecular weight is 417 g/mol. The van der Waals surface area contributed by atoms with Gasteiger partial charge in [-0.3, -0.25) is 19.3 Å². The van der Waals surface area contributed by atoms with Crippen LogP contribution in [0.2, 0.25) is 0 Å². The van der Waals surface area contributed by atoms with Crippen molar-refractivity contribution in [3.8, 4) is 5.75 Å². The molecule has 3 rings (SSSR count). The molecule has 0 bridgehead atoms. The molecule has 2 aliphatic rings. The van der Waals surface area contributed by atoms with Crippen LogP contribution in [0.15, 0.2) is 24.3 Å². The summed E-state index contributed by atoms with van der Waals surface area (Å²) in [5, 5.41) is 0. The summed E-state index contributed by atoms with van der Waals surface area (Å²) >= 11 is 0. The molecule has 1 aromatic rings. The quantitative estimate of drug-likeness (QED) is 0.609. The zero-order chi connectivity index (χ0) is 21.7. The molecular weight excluding hydrogens is 384 g/mol. The van der Waals surface area contributed by atoms with Crippen molar-refractivity contribution < 1.29 is 23.9 Å². The molecule has 1 atom stereocenters. The molecule has 3 amide bonds. The highest BCUT2D eigenvalue weighted by Gasteiger charge is 2.54. The predicted molar refractivity (Wildman–Crippen MR) is 112 cm³/mol. The van der Waals surface area contributed by atoms with E-state index in [1.165, 1.54) is 18.4 Å². The molecule has 0 spiro atoms. The summed E-state index contributed by atoms with van der Waals surface area (Å²) in [6.07, 6.45) is 5.36. The van der Waals surface area contributed by atoms with Gasteiger partial charge in [-0.1, -0.05) is 31.4 Å². The van der Waals surface area contributed by atoms with Crippen LogP contribution in [-0.4, -0.2) is 68.0 Å². The van der Waals surface area contributed by atoms with Crippen LogP contribution in [-0.2, 0) is 24.5 Å².